The van der Waals surface area contributed by atoms with Crippen LogP contribution in [0.2, 0.25) is 0 Å². The smallest absolute Gasteiger partial charge is 2.00 e. The monoisotopic (exact) mass is 275 g/mol. The predicted octanol–water partition coefficient (Wildman–Crippen LogP) is -1.54. The topological polar surface area (TPSA) is 57.0 Å². The van der Waals surface area contributed by atoms with Crippen molar-refractivity contribution in [1.82, 2.24) is 0 Å². The average Bonchev–Trinajstić information content (AvgIpc) is 0. The number of rotatable bonds is 0. The quantitative estimate of drug-likeness (QED) is 0.481. The summed E-state index contributed by atoms with van der Waals surface area (Å²) in [5, 5.41) is 0. The zero-order chi connectivity index (χ0) is 0. The van der Waals surface area contributed by atoms with Gasteiger partial charge in [0.2, 0.25) is 0 Å². The molecule has 5 heavy (non-hydrogen) atoms. The minimum absolute atomic E-state index is 0. The van der Waals surface area contributed by atoms with E-state index in [1.54, 1.807) is 0 Å². The third-order valence-corrected chi connectivity index (χ3v) is 0. The molecule has 0 rings (SSSR count). The van der Waals surface area contributed by atoms with Gasteiger partial charge in [0, 0.05) is 0 Å². The van der Waals surface area contributed by atoms with Gasteiger partial charge < -0.3 is 11.0 Å². The van der Waals surface area contributed by atoms with Crippen molar-refractivity contribution in [2.24, 2.45) is 0 Å². The van der Waals surface area contributed by atoms with Crippen LogP contribution in [-0.4, -0.2) is 86.6 Å². The van der Waals surface area contributed by atoms with Crippen molar-refractivity contribution >= 4 is 86.6 Å². The Morgan fingerprint density at radius 1 is 0.800 bits per heavy atom. The molecule has 0 aliphatic carbocycles. The van der Waals surface area contributed by atoms with Crippen molar-refractivity contribution in [3.8, 4) is 0 Å². The molecule has 0 spiro atoms. The maximum absolute atomic E-state index is 0. The second-order valence-corrected chi connectivity index (χ2v) is 0. The van der Waals surface area contributed by atoms with Crippen molar-refractivity contribution in [3.63, 3.8) is 0 Å². The molecule has 0 fully saturated rings. The maximum Gasteiger partial charge on any atom is 2.00 e. The summed E-state index contributed by atoms with van der Waals surface area (Å²) in [4.78, 5) is 0. The van der Waals surface area contributed by atoms with Gasteiger partial charge in [0.15, 0.2) is 0 Å². The van der Waals surface area contributed by atoms with Gasteiger partial charge in [-0.05, 0) is 0 Å². The SMILES string of the molecule is [Ba+2].[CaH2].[Cu+2].[O-2].[O-2]. The Morgan fingerprint density at radius 3 is 0.800 bits per heavy atom. The van der Waals surface area contributed by atoms with Gasteiger partial charge >= 0.3 is 104 Å². The average molecular weight is 275 g/mol. The fourth-order valence-electron chi connectivity index (χ4n) is 0. The fraction of sp³-hybridized carbons (Fsp3) is 0. The Kier molecular flexibility index (Phi) is 218. The zero-order valence-electron chi connectivity index (χ0n) is 1.83. The molecular formula is H2BaCaCuO2. The van der Waals surface area contributed by atoms with Gasteiger partial charge in [-0.25, -0.2) is 0 Å². The molecule has 5 heteroatoms. The van der Waals surface area contributed by atoms with Gasteiger partial charge in [0.1, 0.15) is 0 Å². The predicted molar refractivity (Wildman–Crippen MR) is 15.7 cm³/mol. The fourth-order valence-corrected chi connectivity index (χ4v) is 0. The van der Waals surface area contributed by atoms with E-state index in [0.717, 1.165) is 0 Å². The van der Waals surface area contributed by atoms with E-state index in [0.29, 0.717) is 0 Å². The first-order chi connectivity index (χ1) is 0. The van der Waals surface area contributed by atoms with Gasteiger partial charge in [-0.15, -0.1) is 0 Å². The van der Waals surface area contributed by atoms with Crippen LogP contribution in [-0.2, 0) is 28.0 Å². The van der Waals surface area contributed by atoms with E-state index in [4.69, 9.17) is 0 Å². The Balaban J connectivity index is 0. The summed E-state index contributed by atoms with van der Waals surface area (Å²) in [5.41, 5.74) is 0. The van der Waals surface area contributed by atoms with Crippen LogP contribution in [0.25, 0.3) is 0 Å². The normalized spacial score (nSPS) is 0. The molecule has 0 aromatic carbocycles. The third-order valence-electron chi connectivity index (χ3n) is 0. The van der Waals surface area contributed by atoms with Crippen molar-refractivity contribution < 1.29 is 28.0 Å². The van der Waals surface area contributed by atoms with E-state index >= 15 is 0 Å². The molecule has 0 amide bonds. The van der Waals surface area contributed by atoms with E-state index in [1.807, 2.05) is 0 Å². The molecule has 0 aromatic heterocycles. The second kappa shape index (κ2) is 26.7. The zero-order valence-corrected chi connectivity index (χ0v) is 7.21. The molecule has 0 aromatic rings. The first-order valence-corrected chi connectivity index (χ1v) is 0. The van der Waals surface area contributed by atoms with Crippen LogP contribution in [0, 0.1) is 0 Å². The van der Waals surface area contributed by atoms with Crippen molar-refractivity contribution in [3.05, 3.63) is 0 Å². The Hall–Kier alpha value is 3.27. The largest absolute Gasteiger partial charge is 2.00 e. The summed E-state index contributed by atoms with van der Waals surface area (Å²) in [7, 11) is 0. The van der Waals surface area contributed by atoms with Gasteiger partial charge in [0.05, 0.1) is 0 Å². The van der Waals surface area contributed by atoms with E-state index in [2.05, 4.69) is 0 Å². The van der Waals surface area contributed by atoms with E-state index in [9.17, 15) is 0 Å². The summed E-state index contributed by atoms with van der Waals surface area (Å²) in [6.45, 7) is 0. The van der Waals surface area contributed by atoms with Gasteiger partial charge in [-0.1, -0.05) is 0 Å². The Bertz CT molecular complexity index is 9.61. The minimum Gasteiger partial charge on any atom is -2.00 e. The van der Waals surface area contributed by atoms with Crippen LogP contribution >= 0.6 is 0 Å². The van der Waals surface area contributed by atoms with E-state index < -0.39 is 0 Å². The summed E-state index contributed by atoms with van der Waals surface area (Å²) in [6, 6.07) is 0. The van der Waals surface area contributed by atoms with Gasteiger partial charge in [-0.2, -0.15) is 0 Å². The molecule has 0 bridgehead atoms. The van der Waals surface area contributed by atoms with Crippen LogP contribution in [0.4, 0.5) is 0 Å². The van der Waals surface area contributed by atoms with Crippen LogP contribution in [0.15, 0.2) is 0 Å². The molecule has 0 N–H and O–H groups in total. The standard InChI is InChI=1S/Ba.Ca.Cu.2O.2H/q+2;;+2;2*-2;;. The molecule has 1 radical (unpaired) electrons. The van der Waals surface area contributed by atoms with Crippen LogP contribution in [0.5, 0.6) is 0 Å². The van der Waals surface area contributed by atoms with Crippen molar-refractivity contribution in [2.75, 3.05) is 0 Å². The second-order valence-electron chi connectivity index (χ2n) is 0. The minimum atomic E-state index is 0. The molecule has 0 saturated carbocycles. The molecule has 0 saturated heterocycles. The summed E-state index contributed by atoms with van der Waals surface area (Å²) >= 11 is 0. The number of hydrogen-bond acceptors (Lipinski definition) is 0. The first-order valence-electron chi connectivity index (χ1n) is 0. The van der Waals surface area contributed by atoms with Crippen LogP contribution in [0.3, 0.4) is 0 Å². The molecule has 0 aliphatic rings. The van der Waals surface area contributed by atoms with E-state index in [-0.39, 0.29) is 115 Å². The Morgan fingerprint density at radius 2 is 0.800 bits per heavy atom. The molecule has 0 aliphatic heterocycles. The van der Waals surface area contributed by atoms with Gasteiger partial charge in [0.25, 0.3) is 0 Å². The maximum atomic E-state index is 0. The molecule has 2 nitrogen and oxygen atoms in total. The molecular weight excluding hydrogens is 273 g/mol. The Labute approximate surface area is 112 Å². The third kappa shape index (κ3) is 18.9. The summed E-state index contributed by atoms with van der Waals surface area (Å²) < 4.78 is 0. The van der Waals surface area contributed by atoms with Crippen molar-refractivity contribution in [2.45, 2.75) is 0 Å². The van der Waals surface area contributed by atoms with Gasteiger partial charge in [-0.3, -0.25) is 0 Å². The molecule has 0 heterocycles. The molecule has 0 atom stereocenters. The summed E-state index contributed by atoms with van der Waals surface area (Å²) in [6.07, 6.45) is 0. The summed E-state index contributed by atoms with van der Waals surface area (Å²) in [5.74, 6) is 0. The number of hydrogen-bond donors (Lipinski definition) is 0. The molecule has 0 unspecified atom stereocenters. The van der Waals surface area contributed by atoms with E-state index in [1.165, 1.54) is 0 Å². The van der Waals surface area contributed by atoms with Crippen LogP contribution in [0.1, 0.15) is 0 Å². The first kappa shape index (κ1) is 40.9. The molecule has 29 valence electrons. The van der Waals surface area contributed by atoms with Crippen molar-refractivity contribution in [1.29, 1.82) is 0 Å². The van der Waals surface area contributed by atoms with Crippen LogP contribution < -0.4 is 0 Å².